The van der Waals surface area contributed by atoms with Gasteiger partial charge in [-0.2, -0.15) is 0 Å². The molecule has 4 amide bonds. The van der Waals surface area contributed by atoms with Gasteiger partial charge in [-0.3, -0.25) is 9.59 Å². The quantitative estimate of drug-likeness (QED) is 0.108. The van der Waals surface area contributed by atoms with Gasteiger partial charge in [0.2, 0.25) is 0 Å². The second-order valence-electron chi connectivity index (χ2n) is 16.3. The summed E-state index contributed by atoms with van der Waals surface area (Å²) in [6.07, 6.45) is 5.21. The molecule has 2 aromatic heterocycles. The molecule has 0 aliphatic carbocycles. The van der Waals surface area contributed by atoms with Crippen LogP contribution in [0.4, 0.5) is 9.59 Å². The zero-order chi connectivity index (χ0) is 43.9. The van der Waals surface area contributed by atoms with Gasteiger partial charge in [0, 0.05) is 46.5 Å². The monoisotopic (exact) mass is 862 g/mol. The van der Waals surface area contributed by atoms with Crippen LogP contribution in [0.1, 0.15) is 83.8 Å². The van der Waals surface area contributed by atoms with E-state index < -0.39 is 24.3 Å². The largest absolute Gasteiger partial charge is 0.488 e. The number of ether oxygens (including phenoxy) is 4. The number of imidazole rings is 2. The third-order valence-electron chi connectivity index (χ3n) is 12.6. The van der Waals surface area contributed by atoms with Gasteiger partial charge in [0.25, 0.3) is 11.8 Å². The SMILES string of the molecule is COC(=O)N[C@H](C(=O)N1CCC[C@H]1c1ncc(-c2cc3c4c(c2)OCc2cc(-c5cnc([C@@H]6CCCN6C(=O)[C@@H](NC(=O)OC)c6ccccc6)[nH]5)cc(c2-4)OC3)[nH]1)c1ccccc1. The van der Waals surface area contributed by atoms with Crippen molar-refractivity contribution in [1.82, 2.24) is 40.4 Å². The van der Waals surface area contributed by atoms with Gasteiger partial charge in [0.05, 0.1) is 50.1 Å². The standard InChI is InChI=1S/C48H46N8O8/c1-61-47(59)53-41(27-11-5-3-6-12-27)45(57)55-17-9-15-35(55)43-49-23-33(51-43)29-19-31-25-64-38-22-30(20-32-26-63-37(21-29)39(31)40(32)38)34-24-50-44(52-34)36-16-10-18-56(36)46(58)42(54-48(60)62-2)28-13-7-4-8-14-28/h3-8,11-14,19-24,35-36,41-42H,9-10,15-18,25-26H2,1-2H3,(H,49,51)(H,50,52)(H,53,59)(H,54,60)/t35-,36-,41-,42-/m0/s1. The van der Waals surface area contributed by atoms with Gasteiger partial charge in [0.15, 0.2) is 0 Å². The van der Waals surface area contributed by atoms with E-state index in [4.69, 9.17) is 28.9 Å². The van der Waals surface area contributed by atoms with Gasteiger partial charge in [-0.25, -0.2) is 19.6 Å². The number of aromatic amines is 2. The lowest BCUT2D eigenvalue weighted by Gasteiger charge is -2.30. The summed E-state index contributed by atoms with van der Waals surface area (Å²) in [7, 11) is 2.55. The minimum Gasteiger partial charge on any atom is -0.488 e. The summed E-state index contributed by atoms with van der Waals surface area (Å²) in [4.78, 5) is 72.8. The zero-order valence-corrected chi connectivity index (χ0v) is 35.3. The number of aromatic nitrogens is 4. The number of methoxy groups -OCH3 is 2. The average molecular weight is 863 g/mol. The predicted octanol–water partition coefficient (Wildman–Crippen LogP) is 7.44. The van der Waals surface area contributed by atoms with Crippen molar-refractivity contribution in [2.75, 3.05) is 27.3 Å². The Morgan fingerprint density at radius 2 is 1.06 bits per heavy atom. The van der Waals surface area contributed by atoms with Crippen LogP contribution in [0.25, 0.3) is 33.6 Å². The van der Waals surface area contributed by atoms with Gasteiger partial charge in [-0.1, -0.05) is 60.7 Å². The van der Waals surface area contributed by atoms with E-state index in [9.17, 15) is 19.2 Å². The lowest BCUT2D eigenvalue weighted by atomic mass is 9.87. The molecule has 4 N–H and O–H groups in total. The van der Waals surface area contributed by atoms with E-state index in [1.54, 1.807) is 22.2 Å². The van der Waals surface area contributed by atoms with Crippen molar-refractivity contribution in [2.45, 2.75) is 63.1 Å². The highest BCUT2D eigenvalue weighted by atomic mass is 16.5. The number of nitrogens with zero attached hydrogens (tertiary/aromatic N) is 4. The molecule has 64 heavy (non-hydrogen) atoms. The second-order valence-corrected chi connectivity index (χ2v) is 16.3. The van der Waals surface area contributed by atoms with Gasteiger partial charge >= 0.3 is 12.2 Å². The first-order valence-electron chi connectivity index (χ1n) is 21.4. The molecule has 6 heterocycles. The van der Waals surface area contributed by atoms with Crippen molar-refractivity contribution in [3.8, 4) is 45.1 Å². The molecule has 4 aromatic carbocycles. The van der Waals surface area contributed by atoms with Crippen LogP contribution in [0.5, 0.6) is 11.5 Å². The molecule has 10 rings (SSSR count). The number of nitrogens with one attached hydrogen (secondary N) is 4. The Kier molecular flexibility index (Phi) is 10.7. The number of carbonyl (C=O) groups is 4. The molecular weight excluding hydrogens is 817 g/mol. The van der Waals surface area contributed by atoms with Crippen molar-refractivity contribution in [3.63, 3.8) is 0 Å². The van der Waals surface area contributed by atoms with Crippen molar-refractivity contribution in [1.29, 1.82) is 0 Å². The van der Waals surface area contributed by atoms with Gasteiger partial charge in [-0.05, 0) is 61.1 Å². The first kappa shape index (κ1) is 40.5. The van der Waals surface area contributed by atoms with E-state index in [0.29, 0.717) is 49.1 Å². The molecule has 4 aliphatic heterocycles. The van der Waals surface area contributed by atoms with Crippen LogP contribution in [0, 0.1) is 0 Å². The molecule has 2 saturated heterocycles. The number of benzene rings is 4. The molecule has 16 heteroatoms. The molecule has 326 valence electrons. The number of H-pyrrole nitrogens is 2. The number of hydrogen-bond acceptors (Lipinski definition) is 10. The minimum absolute atomic E-state index is 0.234. The molecule has 4 aliphatic rings. The molecule has 0 bridgehead atoms. The maximum Gasteiger partial charge on any atom is 0.407 e. The van der Waals surface area contributed by atoms with Gasteiger partial charge < -0.3 is 49.3 Å². The third kappa shape index (κ3) is 7.43. The normalized spacial score (nSPS) is 18.0. The van der Waals surface area contributed by atoms with Crippen LogP contribution in [0.15, 0.2) is 97.3 Å². The van der Waals surface area contributed by atoms with E-state index in [1.807, 2.05) is 72.8 Å². The highest BCUT2D eigenvalue weighted by Gasteiger charge is 2.39. The molecule has 6 aromatic rings. The highest BCUT2D eigenvalue weighted by Crippen LogP contribution is 2.51. The molecule has 2 fully saturated rings. The third-order valence-corrected chi connectivity index (χ3v) is 12.6. The molecule has 0 unspecified atom stereocenters. The lowest BCUT2D eigenvalue weighted by Crippen LogP contribution is -2.42. The number of likely N-dealkylation sites (tertiary alicyclic amines) is 2. The Hall–Kier alpha value is -7.62. The van der Waals surface area contributed by atoms with Crippen LogP contribution in [0.3, 0.4) is 0 Å². The summed E-state index contributed by atoms with van der Waals surface area (Å²) in [6, 6.07) is 24.1. The predicted molar refractivity (Wildman–Crippen MR) is 233 cm³/mol. The Bertz CT molecular complexity index is 2520. The topological polar surface area (TPSA) is 193 Å². The summed E-state index contributed by atoms with van der Waals surface area (Å²) in [5.41, 5.74) is 8.60. The Morgan fingerprint density at radius 1 is 0.641 bits per heavy atom. The minimum atomic E-state index is -0.909. The molecule has 4 atom stereocenters. The maximum atomic E-state index is 14.0. The maximum absolute atomic E-state index is 14.0. The number of hydrogen-bond donors (Lipinski definition) is 4. The summed E-state index contributed by atoms with van der Waals surface area (Å²) >= 11 is 0. The number of alkyl carbamates (subject to hydrolysis) is 2. The first-order valence-corrected chi connectivity index (χ1v) is 21.4. The van der Waals surface area contributed by atoms with E-state index in [-0.39, 0.29) is 23.9 Å². The Morgan fingerprint density at radius 3 is 1.47 bits per heavy atom. The molecule has 16 nitrogen and oxygen atoms in total. The van der Waals surface area contributed by atoms with E-state index in [0.717, 1.165) is 82.0 Å². The van der Waals surface area contributed by atoms with E-state index >= 15 is 0 Å². The fourth-order valence-electron chi connectivity index (χ4n) is 9.48. The molecule has 0 spiro atoms. The number of carbonyl (C=O) groups excluding carboxylic acids is 4. The summed E-state index contributed by atoms with van der Waals surface area (Å²) < 4.78 is 22.6. The molecule has 0 radical (unpaired) electrons. The second kappa shape index (κ2) is 16.9. The molecular formula is C48H46N8O8. The smallest absolute Gasteiger partial charge is 0.407 e. The Labute approximate surface area is 368 Å². The van der Waals surface area contributed by atoms with E-state index in [2.05, 4.69) is 32.7 Å². The fourth-order valence-corrected chi connectivity index (χ4v) is 9.48. The van der Waals surface area contributed by atoms with Crippen molar-refractivity contribution in [3.05, 3.63) is 131 Å². The summed E-state index contributed by atoms with van der Waals surface area (Å²) in [5, 5.41) is 5.44. The van der Waals surface area contributed by atoms with Crippen LogP contribution in [-0.4, -0.2) is 81.0 Å². The van der Waals surface area contributed by atoms with Crippen molar-refractivity contribution >= 4 is 24.0 Å². The summed E-state index contributed by atoms with van der Waals surface area (Å²) in [6.45, 7) is 1.70. The molecule has 0 saturated carbocycles. The van der Waals surface area contributed by atoms with Crippen LogP contribution >= 0.6 is 0 Å². The Balaban J connectivity index is 0.879. The van der Waals surface area contributed by atoms with Crippen molar-refractivity contribution < 1.29 is 38.1 Å². The number of amides is 4. The van der Waals surface area contributed by atoms with Gasteiger partial charge in [0.1, 0.15) is 48.4 Å². The number of rotatable bonds is 10. The van der Waals surface area contributed by atoms with Gasteiger partial charge in [-0.15, -0.1) is 0 Å². The first-order chi connectivity index (χ1) is 31.3. The van der Waals surface area contributed by atoms with Crippen LogP contribution in [-0.2, 0) is 32.3 Å². The van der Waals surface area contributed by atoms with Crippen LogP contribution < -0.4 is 20.1 Å². The average Bonchev–Trinajstić information content (AvgIpc) is 4.19. The van der Waals surface area contributed by atoms with E-state index in [1.165, 1.54) is 14.2 Å². The lowest BCUT2D eigenvalue weighted by molar-refractivity contribution is -0.135. The van der Waals surface area contributed by atoms with Crippen LogP contribution in [0.2, 0.25) is 0 Å². The van der Waals surface area contributed by atoms with Crippen molar-refractivity contribution in [2.24, 2.45) is 0 Å². The highest BCUT2D eigenvalue weighted by molar-refractivity contribution is 5.90. The zero-order valence-electron chi connectivity index (χ0n) is 35.3. The fraction of sp³-hybridized carbons (Fsp3) is 0.292. The summed E-state index contributed by atoms with van der Waals surface area (Å²) in [5.74, 6) is 2.35.